The zero-order chi connectivity index (χ0) is 14.5. The molecule has 1 fully saturated rings. The number of hydrogen-bond donors (Lipinski definition) is 1. The summed E-state index contributed by atoms with van der Waals surface area (Å²) in [5.74, 6) is -0.600. The summed E-state index contributed by atoms with van der Waals surface area (Å²) in [4.78, 5) is 14.3. The molecule has 0 spiro atoms. The Labute approximate surface area is 126 Å². The van der Waals surface area contributed by atoms with E-state index in [-0.39, 0.29) is 17.8 Å². The second-order valence-electron chi connectivity index (χ2n) is 4.72. The van der Waals surface area contributed by atoms with Gasteiger partial charge in [0.15, 0.2) is 0 Å². The van der Waals surface area contributed by atoms with Crippen LogP contribution in [0.3, 0.4) is 0 Å². The molecule has 4 nitrogen and oxygen atoms in total. The van der Waals surface area contributed by atoms with Crippen LogP contribution >= 0.6 is 15.9 Å². The van der Waals surface area contributed by atoms with Crippen molar-refractivity contribution in [1.82, 2.24) is 10.2 Å². The van der Waals surface area contributed by atoms with Gasteiger partial charge in [-0.3, -0.25) is 9.69 Å². The number of hydrogen-bond acceptors (Lipinski definition) is 3. The molecule has 1 aliphatic rings. The topological polar surface area (TPSA) is 41.6 Å². The van der Waals surface area contributed by atoms with Crippen molar-refractivity contribution in [1.29, 1.82) is 0 Å². The zero-order valence-corrected chi connectivity index (χ0v) is 13.0. The van der Waals surface area contributed by atoms with E-state index in [2.05, 4.69) is 33.1 Å². The Hall–Kier alpha value is -0.980. The molecule has 2 rings (SSSR count). The van der Waals surface area contributed by atoms with Crippen LogP contribution < -0.4 is 5.32 Å². The van der Waals surface area contributed by atoms with Crippen LogP contribution in [0.1, 0.15) is 17.3 Å². The van der Waals surface area contributed by atoms with Gasteiger partial charge in [-0.15, -0.1) is 0 Å². The third kappa shape index (κ3) is 4.01. The van der Waals surface area contributed by atoms with E-state index in [1.165, 1.54) is 18.2 Å². The number of carbonyl (C=O) groups excluding carboxylic acids is 1. The standard InChI is InChI=1S/C14H18BrFN2O2/c1-2-18-5-6-20-11(9-18)8-17-14(19)12-4-3-10(16)7-13(12)15/h3-4,7,11H,2,5-6,8-9H2,1H3,(H,17,19). The number of nitrogens with one attached hydrogen (secondary N) is 1. The summed E-state index contributed by atoms with van der Waals surface area (Å²) in [7, 11) is 0. The van der Waals surface area contributed by atoms with Crippen molar-refractivity contribution < 1.29 is 13.9 Å². The maximum atomic E-state index is 13.0. The minimum Gasteiger partial charge on any atom is -0.374 e. The Morgan fingerprint density at radius 3 is 3.10 bits per heavy atom. The van der Waals surface area contributed by atoms with Crippen LogP contribution in [0.25, 0.3) is 0 Å². The number of halogens is 2. The van der Waals surface area contributed by atoms with Crippen LogP contribution in [0.5, 0.6) is 0 Å². The first-order valence-corrected chi connectivity index (χ1v) is 7.46. The Balaban J connectivity index is 1.88. The number of likely N-dealkylation sites (N-methyl/N-ethyl adjacent to an activating group) is 1. The van der Waals surface area contributed by atoms with E-state index in [0.29, 0.717) is 23.2 Å². The fourth-order valence-electron chi connectivity index (χ4n) is 2.17. The van der Waals surface area contributed by atoms with Gasteiger partial charge in [0.05, 0.1) is 18.3 Å². The lowest BCUT2D eigenvalue weighted by Gasteiger charge is -2.32. The van der Waals surface area contributed by atoms with Crippen LogP contribution in [-0.2, 0) is 4.74 Å². The van der Waals surface area contributed by atoms with Crippen molar-refractivity contribution in [2.75, 3.05) is 32.8 Å². The molecule has 0 bridgehead atoms. The molecule has 1 atom stereocenters. The number of carbonyl (C=O) groups is 1. The second-order valence-corrected chi connectivity index (χ2v) is 5.57. The first-order valence-electron chi connectivity index (χ1n) is 6.67. The lowest BCUT2D eigenvalue weighted by molar-refractivity contribution is -0.0246. The van der Waals surface area contributed by atoms with Gasteiger partial charge in [0.25, 0.3) is 5.91 Å². The van der Waals surface area contributed by atoms with E-state index in [0.717, 1.165) is 19.6 Å². The maximum absolute atomic E-state index is 13.0. The van der Waals surface area contributed by atoms with Gasteiger partial charge in [-0.25, -0.2) is 4.39 Å². The Morgan fingerprint density at radius 2 is 2.40 bits per heavy atom. The van der Waals surface area contributed by atoms with Gasteiger partial charge < -0.3 is 10.1 Å². The lowest BCUT2D eigenvalue weighted by atomic mass is 10.2. The van der Waals surface area contributed by atoms with E-state index < -0.39 is 0 Å². The highest BCUT2D eigenvalue weighted by Crippen LogP contribution is 2.17. The Bertz CT molecular complexity index is 484. The molecule has 0 aliphatic carbocycles. The van der Waals surface area contributed by atoms with E-state index in [1.807, 2.05) is 0 Å². The highest BCUT2D eigenvalue weighted by molar-refractivity contribution is 9.10. The molecule has 0 saturated carbocycles. The highest BCUT2D eigenvalue weighted by atomic mass is 79.9. The van der Waals surface area contributed by atoms with Crippen molar-refractivity contribution in [2.24, 2.45) is 0 Å². The molecular formula is C14H18BrFN2O2. The molecule has 1 aromatic carbocycles. The fraction of sp³-hybridized carbons (Fsp3) is 0.500. The van der Waals surface area contributed by atoms with E-state index in [4.69, 9.17) is 4.74 Å². The minimum atomic E-state index is -0.373. The predicted molar refractivity (Wildman–Crippen MR) is 78.3 cm³/mol. The fourth-order valence-corrected chi connectivity index (χ4v) is 2.70. The van der Waals surface area contributed by atoms with E-state index >= 15 is 0 Å². The van der Waals surface area contributed by atoms with Crippen LogP contribution in [0.2, 0.25) is 0 Å². The molecule has 1 aliphatic heterocycles. The summed E-state index contributed by atoms with van der Waals surface area (Å²) >= 11 is 3.19. The third-order valence-corrected chi connectivity index (χ3v) is 3.99. The highest BCUT2D eigenvalue weighted by Gasteiger charge is 2.20. The summed E-state index contributed by atoms with van der Waals surface area (Å²) in [5.41, 5.74) is 0.426. The zero-order valence-electron chi connectivity index (χ0n) is 11.4. The van der Waals surface area contributed by atoms with Crippen LogP contribution in [0.15, 0.2) is 22.7 Å². The van der Waals surface area contributed by atoms with Crippen molar-refractivity contribution in [3.05, 3.63) is 34.1 Å². The Kier molecular flexibility index (Phi) is 5.51. The molecular weight excluding hydrogens is 327 g/mol. The van der Waals surface area contributed by atoms with Crippen molar-refractivity contribution in [3.63, 3.8) is 0 Å². The molecule has 6 heteroatoms. The first kappa shape index (κ1) is 15.4. The Morgan fingerprint density at radius 1 is 1.60 bits per heavy atom. The quantitative estimate of drug-likeness (QED) is 0.908. The molecule has 1 unspecified atom stereocenters. The van der Waals surface area contributed by atoms with Gasteiger partial charge in [0.1, 0.15) is 5.82 Å². The third-order valence-electron chi connectivity index (χ3n) is 3.34. The lowest BCUT2D eigenvalue weighted by Crippen LogP contribution is -2.47. The van der Waals surface area contributed by atoms with Crippen LogP contribution in [-0.4, -0.2) is 49.7 Å². The largest absolute Gasteiger partial charge is 0.374 e. The molecule has 1 N–H and O–H groups in total. The van der Waals surface area contributed by atoms with Gasteiger partial charge >= 0.3 is 0 Å². The summed E-state index contributed by atoms with van der Waals surface area (Å²) < 4.78 is 19.1. The minimum absolute atomic E-state index is 0.00636. The SMILES string of the molecule is CCN1CCOC(CNC(=O)c2ccc(F)cc2Br)C1. The second kappa shape index (κ2) is 7.15. The number of nitrogens with zero attached hydrogens (tertiary/aromatic N) is 1. The van der Waals surface area contributed by atoms with E-state index in [1.54, 1.807) is 0 Å². The molecule has 1 amide bonds. The van der Waals surface area contributed by atoms with Gasteiger partial charge in [0, 0.05) is 24.1 Å². The molecule has 110 valence electrons. The molecule has 20 heavy (non-hydrogen) atoms. The van der Waals surface area contributed by atoms with E-state index in [9.17, 15) is 9.18 Å². The van der Waals surface area contributed by atoms with Crippen molar-refractivity contribution >= 4 is 21.8 Å². The number of rotatable bonds is 4. The van der Waals surface area contributed by atoms with Crippen LogP contribution in [0.4, 0.5) is 4.39 Å². The normalized spacial score (nSPS) is 19.9. The average Bonchev–Trinajstić information content (AvgIpc) is 2.45. The number of morpholine rings is 1. The van der Waals surface area contributed by atoms with Gasteiger partial charge in [-0.2, -0.15) is 0 Å². The average molecular weight is 345 g/mol. The number of ether oxygens (including phenoxy) is 1. The monoisotopic (exact) mass is 344 g/mol. The first-order chi connectivity index (χ1) is 9.60. The van der Waals surface area contributed by atoms with Gasteiger partial charge in [-0.1, -0.05) is 6.92 Å². The van der Waals surface area contributed by atoms with Crippen molar-refractivity contribution in [3.8, 4) is 0 Å². The molecule has 1 saturated heterocycles. The predicted octanol–water partition coefficient (Wildman–Crippen LogP) is 2.04. The molecule has 1 heterocycles. The summed E-state index contributed by atoms with van der Waals surface area (Å²) in [5, 5.41) is 2.83. The molecule has 0 aromatic heterocycles. The molecule has 1 aromatic rings. The maximum Gasteiger partial charge on any atom is 0.252 e. The van der Waals surface area contributed by atoms with Crippen molar-refractivity contribution in [2.45, 2.75) is 13.0 Å². The smallest absolute Gasteiger partial charge is 0.252 e. The summed E-state index contributed by atoms with van der Waals surface area (Å²) in [6.07, 6.45) is 0.00636. The summed E-state index contributed by atoms with van der Waals surface area (Å²) in [6.45, 7) is 5.99. The number of benzene rings is 1. The van der Waals surface area contributed by atoms with Gasteiger partial charge in [-0.05, 0) is 40.7 Å². The molecule has 0 radical (unpaired) electrons. The van der Waals surface area contributed by atoms with Gasteiger partial charge in [0.2, 0.25) is 0 Å². The number of amides is 1. The summed E-state index contributed by atoms with van der Waals surface area (Å²) in [6, 6.07) is 4.02. The van der Waals surface area contributed by atoms with Crippen LogP contribution in [0, 0.1) is 5.82 Å².